The Bertz CT molecular complexity index is 509. The van der Waals surface area contributed by atoms with E-state index in [4.69, 9.17) is 11.6 Å². The molecule has 0 aliphatic carbocycles. The lowest BCUT2D eigenvalue weighted by Crippen LogP contribution is -2.49. The Hall–Kier alpha value is -0.900. The average molecular weight is 295 g/mol. The maximum atomic E-state index is 13.3. The minimum Gasteiger partial charge on any atom is -0.298 e. The Morgan fingerprint density at radius 1 is 1.20 bits per heavy atom. The molecule has 0 spiro atoms. The summed E-state index contributed by atoms with van der Waals surface area (Å²) in [6, 6.07) is 5.02. The van der Waals surface area contributed by atoms with Crippen molar-refractivity contribution in [2.24, 2.45) is 0 Å². The minimum absolute atomic E-state index is 0.205. The summed E-state index contributed by atoms with van der Waals surface area (Å²) in [5.41, 5.74) is 2.31. The molecule has 1 unspecified atom stereocenters. The van der Waals surface area contributed by atoms with Gasteiger partial charge in [-0.3, -0.25) is 10.2 Å². The number of halogens is 2. The summed E-state index contributed by atoms with van der Waals surface area (Å²) >= 11 is 5.89. The van der Waals surface area contributed by atoms with Crippen molar-refractivity contribution >= 4 is 17.2 Å². The molecule has 2 aliphatic rings. The highest BCUT2D eigenvalue weighted by Gasteiger charge is 2.23. The first-order valence-corrected chi connectivity index (χ1v) is 7.74. The SMILES string of the molecule is Fc1ccc(C2=CCNC(N3CCCCC3)C2)cc1Cl. The predicted octanol–water partition coefficient (Wildman–Crippen LogP) is 3.67. The van der Waals surface area contributed by atoms with Crippen LogP contribution in [0.4, 0.5) is 4.39 Å². The van der Waals surface area contributed by atoms with Gasteiger partial charge in [0.1, 0.15) is 5.82 Å². The molecule has 1 saturated heterocycles. The van der Waals surface area contributed by atoms with E-state index in [0.29, 0.717) is 6.17 Å². The van der Waals surface area contributed by atoms with Gasteiger partial charge in [-0.25, -0.2) is 4.39 Å². The number of benzene rings is 1. The fourth-order valence-corrected chi connectivity index (χ4v) is 3.28. The smallest absolute Gasteiger partial charge is 0.141 e. The highest BCUT2D eigenvalue weighted by Crippen LogP contribution is 2.28. The van der Waals surface area contributed by atoms with E-state index >= 15 is 0 Å². The summed E-state index contributed by atoms with van der Waals surface area (Å²) in [6.45, 7) is 3.22. The number of likely N-dealkylation sites (tertiary alicyclic amines) is 1. The molecule has 4 heteroatoms. The summed E-state index contributed by atoms with van der Waals surface area (Å²) in [7, 11) is 0. The summed E-state index contributed by atoms with van der Waals surface area (Å²) in [6.07, 6.45) is 7.48. The van der Waals surface area contributed by atoms with Gasteiger partial charge < -0.3 is 0 Å². The topological polar surface area (TPSA) is 15.3 Å². The molecule has 0 amide bonds. The van der Waals surface area contributed by atoms with Crippen LogP contribution >= 0.6 is 11.6 Å². The van der Waals surface area contributed by atoms with Gasteiger partial charge in [0.05, 0.1) is 11.2 Å². The molecule has 1 aromatic rings. The van der Waals surface area contributed by atoms with Crippen molar-refractivity contribution in [3.63, 3.8) is 0 Å². The molecular weight excluding hydrogens is 275 g/mol. The van der Waals surface area contributed by atoms with E-state index in [0.717, 1.165) is 18.5 Å². The molecule has 0 radical (unpaired) electrons. The molecule has 2 heterocycles. The van der Waals surface area contributed by atoms with Crippen LogP contribution in [-0.2, 0) is 0 Å². The standard InChI is InChI=1S/C16H20ClFN2/c17-14-10-12(4-5-15(14)18)13-6-7-19-16(11-13)20-8-2-1-3-9-20/h4-6,10,16,19H,1-3,7-9,11H2. The van der Waals surface area contributed by atoms with E-state index in [2.05, 4.69) is 16.3 Å². The van der Waals surface area contributed by atoms with Crippen LogP contribution in [0.15, 0.2) is 24.3 Å². The first kappa shape index (κ1) is 14.1. The second-order valence-corrected chi connectivity index (χ2v) is 5.99. The van der Waals surface area contributed by atoms with Crippen LogP contribution in [0.3, 0.4) is 0 Å². The quantitative estimate of drug-likeness (QED) is 0.895. The van der Waals surface area contributed by atoms with E-state index in [1.165, 1.54) is 44.0 Å². The van der Waals surface area contributed by atoms with Crippen LogP contribution in [0.5, 0.6) is 0 Å². The maximum absolute atomic E-state index is 13.3. The Morgan fingerprint density at radius 3 is 2.75 bits per heavy atom. The van der Waals surface area contributed by atoms with E-state index < -0.39 is 0 Å². The number of nitrogens with zero attached hydrogens (tertiary/aromatic N) is 1. The normalized spacial score (nSPS) is 24.5. The maximum Gasteiger partial charge on any atom is 0.141 e. The van der Waals surface area contributed by atoms with Crippen LogP contribution in [-0.4, -0.2) is 30.7 Å². The van der Waals surface area contributed by atoms with Gasteiger partial charge in [-0.05, 0) is 49.2 Å². The van der Waals surface area contributed by atoms with Crippen LogP contribution in [0, 0.1) is 5.82 Å². The third kappa shape index (κ3) is 3.05. The molecule has 2 aliphatic heterocycles. The third-order valence-corrected chi connectivity index (χ3v) is 4.53. The zero-order valence-corrected chi connectivity index (χ0v) is 12.3. The molecule has 1 atom stereocenters. The lowest BCUT2D eigenvalue weighted by molar-refractivity contribution is 0.140. The third-order valence-electron chi connectivity index (χ3n) is 4.24. The molecule has 0 aromatic heterocycles. The van der Waals surface area contributed by atoms with Crippen molar-refractivity contribution in [2.75, 3.05) is 19.6 Å². The Balaban J connectivity index is 1.73. The molecule has 1 aromatic carbocycles. The first-order chi connectivity index (χ1) is 9.74. The Morgan fingerprint density at radius 2 is 2.00 bits per heavy atom. The van der Waals surface area contributed by atoms with E-state index in [9.17, 15) is 4.39 Å². The Kier molecular flexibility index (Phi) is 4.39. The second-order valence-electron chi connectivity index (χ2n) is 5.58. The summed E-state index contributed by atoms with van der Waals surface area (Å²) in [5, 5.41) is 3.76. The molecular formula is C16H20ClFN2. The van der Waals surface area contributed by atoms with Crippen molar-refractivity contribution in [1.29, 1.82) is 0 Å². The van der Waals surface area contributed by atoms with Gasteiger partial charge in [-0.1, -0.05) is 30.2 Å². The van der Waals surface area contributed by atoms with Crippen molar-refractivity contribution in [1.82, 2.24) is 10.2 Å². The minimum atomic E-state index is -0.350. The van der Waals surface area contributed by atoms with Crippen LogP contribution in [0.25, 0.3) is 5.57 Å². The van der Waals surface area contributed by atoms with Crippen LogP contribution < -0.4 is 5.32 Å². The molecule has 0 bridgehead atoms. The van der Waals surface area contributed by atoms with Gasteiger partial charge in [-0.2, -0.15) is 0 Å². The monoisotopic (exact) mass is 294 g/mol. The van der Waals surface area contributed by atoms with Gasteiger partial charge in [0.2, 0.25) is 0 Å². The first-order valence-electron chi connectivity index (χ1n) is 7.36. The van der Waals surface area contributed by atoms with E-state index in [1.807, 2.05) is 6.07 Å². The Labute approximate surface area is 124 Å². The summed E-state index contributed by atoms with van der Waals surface area (Å²) < 4.78 is 13.3. The highest BCUT2D eigenvalue weighted by atomic mass is 35.5. The van der Waals surface area contributed by atoms with Crippen molar-refractivity contribution in [3.8, 4) is 0 Å². The van der Waals surface area contributed by atoms with Gasteiger partial charge >= 0.3 is 0 Å². The van der Waals surface area contributed by atoms with Gasteiger partial charge in [0.15, 0.2) is 0 Å². The molecule has 20 heavy (non-hydrogen) atoms. The molecule has 0 saturated carbocycles. The van der Waals surface area contributed by atoms with E-state index in [-0.39, 0.29) is 10.8 Å². The number of rotatable bonds is 2. The largest absolute Gasteiger partial charge is 0.298 e. The predicted molar refractivity (Wildman–Crippen MR) is 81.2 cm³/mol. The van der Waals surface area contributed by atoms with Gasteiger partial charge in [-0.15, -0.1) is 0 Å². The van der Waals surface area contributed by atoms with E-state index in [1.54, 1.807) is 6.07 Å². The van der Waals surface area contributed by atoms with Crippen LogP contribution in [0.2, 0.25) is 5.02 Å². The lowest BCUT2D eigenvalue weighted by atomic mass is 9.97. The summed E-state index contributed by atoms with van der Waals surface area (Å²) in [5.74, 6) is -0.350. The number of hydrogen-bond acceptors (Lipinski definition) is 2. The highest BCUT2D eigenvalue weighted by molar-refractivity contribution is 6.30. The zero-order chi connectivity index (χ0) is 13.9. The summed E-state index contributed by atoms with van der Waals surface area (Å²) in [4.78, 5) is 2.53. The van der Waals surface area contributed by atoms with Crippen molar-refractivity contribution in [2.45, 2.75) is 31.8 Å². The fraction of sp³-hybridized carbons (Fsp3) is 0.500. The molecule has 1 fully saturated rings. The lowest BCUT2D eigenvalue weighted by Gasteiger charge is -2.37. The molecule has 3 rings (SSSR count). The molecule has 1 N–H and O–H groups in total. The second kappa shape index (κ2) is 6.25. The number of hydrogen-bond donors (Lipinski definition) is 1. The van der Waals surface area contributed by atoms with Crippen LogP contribution in [0.1, 0.15) is 31.2 Å². The van der Waals surface area contributed by atoms with Crippen molar-refractivity contribution in [3.05, 3.63) is 40.7 Å². The molecule has 108 valence electrons. The number of nitrogens with one attached hydrogen (secondary N) is 1. The van der Waals surface area contributed by atoms with Gasteiger partial charge in [0, 0.05) is 13.0 Å². The zero-order valence-electron chi connectivity index (χ0n) is 11.5. The average Bonchev–Trinajstić information content (AvgIpc) is 2.51. The molecule has 2 nitrogen and oxygen atoms in total. The van der Waals surface area contributed by atoms with Crippen molar-refractivity contribution < 1.29 is 4.39 Å². The van der Waals surface area contributed by atoms with Gasteiger partial charge in [0.25, 0.3) is 0 Å². The number of piperidine rings is 1. The fourth-order valence-electron chi connectivity index (χ4n) is 3.10.